The van der Waals surface area contributed by atoms with Gasteiger partial charge in [0, 0.05) is 24.3 Å². The van der Waals surface area contributed by atoms with Gasteiger partial charge < -0.3 is 10.2 Å². The van der Waals surface area contributed by atoms with Gasteiger partial charge in [0.1, 0.15) is 11.2 Å². The van der Waals surface area contributed by atoms with Crippen LogP contribution in [0.3, 0.4) is 0 Å². The monoisotopic (exact) mass is 293 g/mol. The Bertz CT molecular complexity index is 545. The van der Waals surface area contributed by atoms with Crippen molar-refractivity contribution in [2.45, 2.75) is 37.8 Å². The molecule has 6 heteroatoms. The highest BCUT2D eigenvalue weighted by molar-refractivity contribution is 6.29. The third kappa shape index (κ3) is 2.77. The van der Waals surface area contributed by atoms with E-state index in [0.29, 0.717) is 18.2 Å². The smallest absolute Gasteiger partial charge is 0.254 e. The Kier molecular flexibility index (Phi) is 3.61. The summed E-state index contributed by atoms with van der Waals surface area (Å²) in [4.78, 5) is 30.1. The molecule has 0 bridgehead atoms. The van der Waals surface area contributed by atoms with Gasteiger partial charge in [-0.3, -0.25) is 9.59 Å². The Morgan fingerprint density at radius 2 is 2.15 bits per heavy atom. The van der Waals surface area contributed by atoms with Crippen LogP contribution in [0.1, 0.15) is 36.0 Å². The highest BCUT2D eigenvalue weighted by Crippen LogP contribution is 2.24. The van der Waals surface area contributed by atoms with Gasteiger partial charge in [0.2, 0.25) is 5.91 Å². The topological polar surface area (TPSA) is 62.3 Å². The standard InChI is InChI=1S/C14H16ClN3O2/c15-12-8-9(5-6-16-12)14(20)18-7-1-2-11(18)13(19)17-10-3-4-10/h5-6,8,10-11H,1-4,7H2,(H,17,19). The zero-order valence-corrected chi connectivity index (χ0v) is 11.8. The summed E-state index contributed by atoms with van der Waals surface area (Å²) in [6.45, 7) is 0.613. The van der Waals surface area contributed by atoms with Crippen LogP contribution < -0.4 is 5.32 Å². The highest BCUT2D eigenvalue weighted by atomic mass is 35.5. The lowest BCUT2D eigenvalue weighted by Gasteiger charge is -2.24. The predicted molar refractivity (Wildman–Crippen MR) is 74.5 cm³/mol. The van der Waals surface area contributed by atoms with E-state index in [1.807, 2.05) is 0 Å². The van der Waals surface area contributed by atoms with E-state index in [-0.39, 0.29) is 23.0 Å². The van der Waals surface area contributed by atoms with Gasteiger partial charge in [0.05, 0.1) is 0 Å². The second kappa shape index (κ2) is 5.40. The lowest BCUT2D eigenvalue weighted by atomic mass is 10.1. The van der Waals surface area contributed by atoms with E-state index >= 15 is 0 Å². The number of pyridine rings is 1. The summed E-state index contributed by atoms with van der Waals surface area (Å²) in [5, 5.41) is 3.26. The van der Waals surface area contributed by atoms with Crippen LogP contribution in [-0.2, 0) is 4.79 Å². The molecule has 1 unspecified atom stereocenters. The Labute approximate surface area is 122 Å². The molecule has 106 valence electrons. The maximum Gasteiger partial charge on any atom is 0.254 e. The van der Waals surface area contributed by atoms with Gasteiger partial charge in [-0.2, -0.15) is 0 Å². The zero-order valence-electron chi connectivity index (χ0n) is 11.0. The number of hydrogen-bond donors (Lipinski definition) is 1. The number of carbonyl (C=O) groups is 2. The van der Waals surface area contributed by atoms with Crippen molar-refractivity contribution in [1.82, 2.24) is 15.2 Å². The molecule has 1 N–H and O–H groups in total. The number of rotatable bonds is 3. The number of aromatic nitrogens is 1. The molecule has 3 rings (SSSR count). The van der Waals surface area contributed by atoms with Gasteiger partial charge >= 0.3 is 0 Å². The van der Waals surface area contributed by atoms with Gasteiger partial charge in [0.15, 0.2) is 0 Å². The van der Waals surface area contributed by atoms with Crippen molar-refractivity contribution in [1.29, 1.82) is 0 Å². The maximum atomic E-state index is 12.5. The summed E-state index contributed by atoms with van der Waals surface area (Å²) in [6.07, 6.45) is 5.18. The van der Waals surface area contributed by atoms with E-state index in [2.05, 4.69) is 10.3 Å². The lowest BCUT2D eigenvalue weighted by molar-refractivity contribution is -0.125. The molecule has 1 aliphatic heterocycles. The van der Waals surface area contributed by atoms with Crippen LogP contribution in [-0.4, -0.2) is 40.3 Å². The Hall–Kier alpha value is -1.62. The summed E-state index contributed by atoms with van der Waals surface area (Å²) < 4.78 is 0. The third-order valence-electron chi connectivity index (χ3n) is 3.71. The molecule has 1 saturated heterocycles. The van der Waals surface area contributed by atoms with Crippen molar-refractivity contribution >= 4 is 23.4 Å². The minimum Gasteiger partial charge on any atom is -0.352 e. The molecule has 2 amide bonds. The molecular formula is C14H16ClN3O2. The fraction of sp³-hybridized carbons (Fsp3) is 0.500. The molecule has 0 aromatic carbocycles. The first-order valence-corrected chi connectivity index (χ1v) is 7.26. The first-order chi connectivity index (χ1) is 9.65. The summed E-state index contributed by atoms with van der Waals surface area (Å²) in [6, 6.07) is 3.13. The molecular weight excluding hydrogens is 278 g/mol. The van der Waals surface area contributed by atoms with Gasteiger partial charge in [-0.15, -0.1) is 0 Å². The average molecular weight is 294 g/mol. The second-order valence-corrected chi connectivity index (χ2v) is 5.69. The van der Waals surface area contributed by atoms with E-state index < -0.39 is 0 Å². The summed E-state index contributed by atoms with van der Waals surface area (Å²) in [5.41, 5.74) is 0.483. The van der Waals surface area contributed by atoms with Gasteiger partial charge in [-0.25, -0.2) is 4.98 Å². The Morgan fingerprint density at radius 1 is 1.35 bits per heavy atom. The van der Waals surface area contributed by atoms with Crippen molar-refractivity contribution < 1.29 is 9.59 Å². The van der Waals surface area contributed by atoms with Crippen LogP contribution in [0.5, 0.6) is 0 Å². The Morgan fingerprint density at radius 3 is 2.85 bits per heavy atom. The van der Waals surface area contributed by atoms with Crippen LogP contribution in [0.15, 0.2) is 18.3 Å². The molecule has 20 heavy (non-hydrogen) atoms. The van der Waals surface area contributed by atoms with E-state index in [9.17, 15) is 9.59 Å². The summed E-state index contributed by atoms with van der Waals surface area (Å²) in [5.74, 6) is -0.179. The number of amides is 2. The van der Waals surface area contributed by atoms with Crippen molar-refractivity contribution in [3.05, 3.63) is 29.0 Å². The summed E-state index contributed by atoms with van der Waals surface area (Å²) >= 11 is 5.81. The third-order valence-corrected chi connectivity index (χ3v) is 3.92. The molecule has 1 aromatic heterocycles. The normalized spacial score (nSPS) is 21.9. The van der Waals surface area contributed by atoms with E-state index in [1.54, 1.807) is 11.0 Å². The van der Waals surface area contributed by atoms with Crippen LogP contribution in [0.4, 0.5) is 0 Å². The largest absolute Gasteiger partial charge is 0.352 e. The van der Waals surface area contributed by atoms with Crippen molar-refractivity contribution in [2.24, 2.45) is 0 Å². The predicted octanol–water partition coefficient (Wildman–Crippen LogP) is 1.62. The second-order valence-electron chi connectivity index (χ2n) is 5.31. The van der Waals surface area contributed by atoms with Crippen LogP contribution in [0, 0.1) is 0 Å². The molecule has 1 aromatic rings. The number of nitrogens with zero attached hydrogens (tertiary/aromatic N) is 2. The van der Waals surface area contributed by atoms with Gasteiger partial charge in [-0.05, 0) is 37.8 Å². The lowest BCUT2D eigenvalue weighted by Crippen LogP contribution is -2.46. The molecule has 5 nitrogen and oxygen atoms in total. The number of nitrogens with one attached hydrogen (secondary N) is 1. The van der Waals surface area contributed by atoms with Crippen molar-refractivity contribution in [3.8, 4) is 0 Å². The molecule has 0 spiro atoms. The minimum atomic E-state index is -0.352. The first kappa shape index (κ1) is 13.4. The zero-order chi connectivity index (χ0) is 14.1. The number of hydrogen-bond acceptors (Lipinski definition) is 3. The highest BCUT2D eigenvalue weighted by Gasteiger charge is 2.36. The van der Waals surface area contributed by atoms with Crippen LogP contribution >= 0.6 is 11.6 Å². The number of carbonyl (C=O) groups excluding carboxylic acids is 2. The van der Waals surface area contributed by atoms with E-state index in [1.165, 1.54) is 12.3 Å². The van der Waals surface area contributed by atoms with Gasteiger partial charge in [0.25, 0.3) is 5.91 Å². The maximum absolute atomic E-state index is 12.5. The molecule has 1 saturated carbocycles. The van der Waals surface area contributed by atoms with E-state index in [0.717, 1.165) is 25.7 Å². The minimum absolute atomic E-state index is 0.0292. The molecule has 2 heterocycles. The molecule has 2 aliphatic rings. The molecule has 1 aliphatic carbocycles. The fourth-order valence-electron chi connectivity index (χ4n) is 2.51. The molecule has 2 fully saturated rings. The first-order valence-electron chi connectivity index (χ1n) is 6.88. The molecule has 0 radical (unpaired) electrons. The number of halogens is 1. The van der Waals surface area contributed by atoms with Crippen molar-refractivity contribution in [3.63, 3.8) is 0 Å². The average Bonchev–Trinajstić information content (AvgIpc) is 3.10. The van der Waals surface area contributed by atoms with E-state index in [4.69, 9.17) is 11.6 Å². The van der Waals surface area contributed by atoms with Gasteiger partial charge in [-0.1, -0.05) is 11.6 Å². The SMILES string of the molecule is O=C(NC1CC1)C1CCCN1C(=O)c1ccnc(Cl)c1. The molecule has 1 atom stereocenters. The summed E-state index contributed by atoms with van der Waals surface area (Å²) in [7, 11) is 0. The van der Waals surface area contributed by atoms with Crippen molar-refractivity contribution in [2.75, 3.05) is 6.54 Å². The Balaban J connectivity index is 1.73. The quantitative estimate of drug-likeness (QED) is 0.862. The van der Waals surface area contributed by atoms with Crippen LogP contribution in [0.25, 0.3) is 0 Å². The number of likely N-dealkylation sites (tertiary alicyclic amines) is 1. The fourth-order valence-corrected chi connectivity index (χ4v) is 2.68. The van der Waals surface area contributed by atoms with Crippen LogP contribution in [0.2, 0.25) is 5.15 Å².